The molecule has 0 bridgehead atoms. The van der Waals surface area contributed by atoms with E-state index in [0.29, 0.717) is 25.6 Å². The number of carboxylic acid groups (broad SMARTS) is 1. The number of amides is 1. The molecule has 0 spiro atoms. The second-order valence-corrected chi connectivity index (χ2v) is 6.30. The third-order valence-electron chi connectivity index (χ3n) is 4.88. The fourth-order valence-corrected chi connectivity index (χ4v) is 3.53. The van der Waals surface area contributed by atoms with Gasteiger partial charge in [-0.1, -0.05) is 0 Å². The molecular weight excluding hydrogens is 260 g/mol. The third-order valence-corrected chi connectivity index (χ3v) is 4.88. The summed E-state index contributed by atoms with van der Waals surface area (Å²) in [6.45, 7) is 3.00. The molecule has 0 aromatic heterocycles. The highest BCUT2D eigenvalue weighted by atomic mass is 16.5. The number of hydrogen-bond acceptors (Lipinski definition) is 4. The highest BCUT2D eigenvalue weighted by Gasteiger charge is 2.62. The molecule has 6 nitrogen and oxygen atoms in total. The first-order valence-corrected chi connectivity index (χ1v) is 7.44. The Hall–Kier alpha value is -1.14. The van der Waals surface area contributed by atoms with Gasteiger partial charge >= 0.3 is 5.97 Å². The lowest BCUT2D eigenvalue weighted by Crippen LogP contribution is -2.46. The summed E-state index contributed by atoms with van der Waals surface area (Å²) >= 11 is 0. The molecule has 0 aromatic carbocycles. The van der Waals surface area contributed by atoms with Gasteiger partial charge in [-0.25, -0.2) is 0 Å². The minimum atomic E-state index is -0.702. The number of hydrogen-bond donors (Lipinski definition) is 2. The van der Waals surface area contributed by atoms with Crippen molar-refractivity contribution in [2.24, 2.45) is 11.3 Å². The number of carbonyl (C=O) groups is 2. The molecule has 3 aliphatic rings. The minimum absolute atomic E-state index is 0.0276. The third kappa shape index (κ3) is 2.67. The van der Waals surface area contributed by atoms with E-state index in [1.54, 1.807) is 0 Å². The minimum Gasteiger partial charge on any atom is -0.481 e. The molecule has 6 heteroatoms. The molecule has 20 heavy (non-hydrogen) atoms. The average Bonchev–Trinajstić information content (AvgIpc) is 2.92. The van der Waals surface area contributed by atoms with Crippen LogP contribution in [0.25, 0.3) is 0 Å². The summed E-state index contributed by atoms with van der Waals surface area (Å²) in [6.07, 6.45) is 3.89. The Kier molecular flexibility index (Phi) is 3.69. The number of rotatable bonds is 5. The number of fused-ring (bicyclic) bond motifs is 1. The number of aliphatic carboxylic acids is 1. The van der Waals surface area contributed by atoms with Crippen LogP contribution in [0.4, 0.5) is 0 Å². The van der Waals surface area contributed by atoms with Gasteiger partial charge in [0.15, 0.2) is 0 Å². The maximum absolute atomic E-state index is 11.9. The summed E-state index contributed by atoms with van der Waals surface area (Å²) in [5.41, 5.74) is -0.562. The van der Waals surface area contributed by atoms with Gasteiger partial charge in [-0.3, -0.25) is 14.5 Å². The number of carboxylic acids is 1. The van der Waals surface area contributed by atoms with Gasteiger partial charge in [-0.15, -0.1) is 0 Å². The molecule has 2 N–H and O–H groups in total. The van der Waals surface area contributed by atoms with Crippen molar-refractivity contribution in [2.45, 2.75) is 31.8 Å². The Balaban J connectivity index is 1.43. The molecule has 3 rings (SSSR count). The van der Waals surface area contributed by atoms with Crippen LogP contribution in [0.5, 0.6) is 0 Å². The van der Waals surface area contributed by atoms with Crippen LogP contribution >= 0.6 is 0 Å². The zero-order valence-corrected chi connectivity index (χ0v) is 11.6. The number of nitrogens with zero attached hydrogens (tertiary/aromatic N) is 1. The van der Waals surface area contributed by atoms with Crippen molar-refractivity contribution < 1.29 is 19.4 Å². The number of piperidine rings is 1. The van der Waals surface area contributed by atoms with E-state index in [0.717, 1.165) is 38.8 Å². The van der Waals surface area contributed by atoms with E-state index < -0.39 is 11.4 Å². The Labute approximate surface area is 118 Å². The van der Waals surface area contributed by atoms with Crippen LogP contribution in [0.15, 0.2) is 0 Å². The van der Waals surface area contributed by atoms with Gasteiger partial charge in [-0.2, -0.15) is 0 Å². The number of carbonyl (C=O) groups excluding carboxylic acids is 1. The van der Waals surface area contributed by atoms with E-state index in [-0.39, 0.29) is 12.0 Å². The zero-order chi connectivity index (χ0) is 14.2. The van der Waals surface area contributed by atoms with E-state index in [2.05, 4.69) is 5.32 Å². The number of nitrogens with one attached hydrogen (secondary N) is 1. The Bertz CT molecular complexity index is 408. The number of ether oxygens (including phenoxy) is 1. The van der Waals surface area contributed by atoms with E-state index in [1.165, 1.54) is 0 Å². The first-order valence-electron chi connectivity index (χ1n) is 7.44. The predicted molar refractivity (Wildman–Crippen MR) is 71.2 cm³/mol. The summed E-state index contributed by atoms with van der Waals surface area (Å²) in [5.74, 6) is -0.404. The van der Waals surface area contributed by atoms with Crippen LogP contribution in [0, 0.1) is 11.3 Å². The van der Waals surface area contributed by atoms with Crippen LogP contribution in [-0.2, 0) is 14.3 Å². The van der Waals surface area contributed by atoms with Crippen molar-refractivity contribution in [1.29, 1.82) is 0 Å². The lowest BCUT2D eigenvalue weighted by atomic mass is 9.97. The molecule has 2 aliphatic heterocycles. The van der Waals surface area contributed by atoms with Crippen LogP contribution in [0.2, 0.25) is 0 Å². The van der Waals surface area contributed by atoms with Gasteiger partial charge in [0.2, 0.25) is 5.91 Å². The predicted octanol–water partition coefficient (Wildman–Crippen LogP) is 0.0782. The lowest BCUT2D eigenvalue weighted by molar-refractivity contribution is -0.146. The van der Waals surface area contributed by atoms with Crippen LogP contribution < -0.4 is 5.32 Å². The molecule has 0 aromatic rings. The van der Waals surface area contributed by atoms with E-state index in [1.807, 2.05) is 4.90 Å². The fraction of sp³-hybridized carbons (Fsp3) is 0.857. The topological polar surface area (TPSA) is 78.9 Å². The SMILES string of the molecule is O=C(CN1CCC2CC2(C(=O)O)C1)NCC1CCCO1. The molecule has 112 valence electrons. The molecule has 1 aliphatic carbocycles. The van der Waals surface area contributed by atoms with Crippen molar-refractivity contribution in [3.8, 4) is 0 Å². The van der Waals surface area contributed by atoms with Crippen LogP contribution in [0.1, 0.15) is 25.7 Å². The summed E-state index contributed by atoms with van der Waals surface area (Å²) in [5, 5.41) is 12.2. The maximum atomic E-state index is 11.9. The average molecular weight is 282 g/mol. The summed E-state index contributed by atoms with van der Waals surface area (Å²) < 4.78 is 5.46. The van der Waals surface area contributed by atoms with Gasteiger partial charge < -0.3 is 15.2 Å². The summed E-state index contributed by atoms with van der Waals surface area (Å²) in [7, 11) is 0. The van der Waals surface area contributed by atoms with Crippen molar-refractivity contribution in [3.63, 3.8) is 0 Å². The normalized spacial score (nSPS) is 36.4. The largest absolute Gasteiger partial charge is 0.481 e. The molecule has 3 fully saturated rings. The molecular formula is C14H22N2O4. The first-order chi connectivity index (χ1) is 9.60. The van der Waals surface area contributed by atoms with Crippen molar-refractivity contribution >= 4 is 11.9 Å². The smallest absolute Gasteiger partial charge is 0.311 e. The number of likely N-dealkylation sites (tertiary alicyclic amines) is 1. The Morgan fingerprint density at radius 1 is 1.40 bits per heavy atom. The quantitative estimate of drug-likeness (QED) is 0.746. The van der Waals surface area contributed by atoms with Gasteiger partial charge in [0, 0.05) is 19.7 Å². The standard InChI is InChI=1S/C14H22N2O4/c17-12(15-7-11-2-1-5-20-11)8-16-4-3-10-6-14(10,9-16)13(18)19/h10-11H,1-9H2,(H,15,17)(H,18,19). The molecule has 3 unspecified atom stereocenters. The van der Waals surface area contributed by atoms with Crippen molar-refractivity contribution in [1.82, 2.24) is 10.2 Å². The van der Waals surface area contributed by atoms with Gasteiger partial charge in [0.1, 0.15) is 0 Å². The highest BCUT2D eigenvalue weighted by Crippen LogP contribution is 2.57. The molecule has 1 amide bonds. The van der Waals surface area contributed by atoms with Gasteiger partial charge in [0.05, 0.1) is 18.1 Å². The van der Waals surface area contributed by atoms with E-state index in [4.69, 9.17) is 4.74 Å². The molecule has 2 heterocycles. The van der Waals surface area contributed by atoms with E-state index in [9.17, 15) is 14.7 Å². The fourth-order valence-electron chi connectivity index (χ4n) is 3.53. The van der Waals surface area contributed by atoms with Crippen LogP contribution in [0.3, 0.4) is 0 Å². The van der Waals surface area contributed by atoms with Crippen LogP contribution in [-0.4, -0.2) is 60.8 Å². The second kappa shape index (κ2) is 5.33. The van der Waals surface area contributed by atoms with Gasteiger partial charge in [-0.05, 0) is 38.1 Å². The summed E-state index contributed by atoms with van der Waals surface area (Å²) in [6, 6.07) is 0. The second-order valence-electron chi connectivity index (χ2n) is 6.30. The summed E-state index contributed by atoms with van der Waals surface area (Å²) in [4.78, 5) is 25.2. The Morgan fingerprint density at radius 3 is 2.95 bits per heavy atom. The molecule has 2 saturated heterocycles. The molecule has 3 atom stereocenters. The maximum Gasteiger partial charge on any atom is 0.311 e. The monoisotopic (exact) mass is 282 g/mol. The van der Waals surface area contributed by atoms with Crippen molar-refractivity contribution in [2.75, 3.05) is 32.8 Å². The molecule has 0 radical (unpaired) electrons. The first kappa shape index (κ1) is 13.8. The molecule has 1 saturated carbocycles. The van der Waals surface area contributed by atoms with Gasteiger partial charge in [0.25, 0.3) is 0 Å². The Morgan fingerprint density at radius 2 is 2.25 bits per heavy atom. The van der Waals surface area contributed by atoms with Crippen molar-refractivity contribution in [3.05, 3.63) is 0 Å². The zero-order valence-electron chi connectivity index (χ0n) is 11.6. The lowest BCUT2D eigenvalue weighted by Gasteiger charge is -2.30. The highest BCUT2D eigenvalue weighted by molar-refractivity contribution is 5.80. The van der Waals surface area contributed by atoms with E-state index >= 15 is 0 Å².